The van der Waals surface area contributed by atoms with Crippen molar-refractivity contribution in [2.24, 2.45) is 5.73 Å². The van der Waals surface area contributed by atoms with E-state index in [0.29, 0.717) is 15.7 Å². The van der Waals surface area contributed by atoms with Crippen molar-refractivity contribution in [3.05, 3.63) is 63.6 Å². The fraction of sp³-hybridized carbons (Fsp3) is 0.333. The Kier molecular flexibility index (Phi) is 5.45. The zero-order valence-corrected chi connectivity index (χ0v) is 17.5. The lowest BCUT2D eigenvalue weighted by Crippen LogP contribution is -2.65. The van der Waals surface area contributed by atoms with Gasteiger partial charge in [0.15, 0.2) is 5.54 Å². The highest BCUT2D eigenvalue weighted by Crippen LogP contribution is 2.36. The molecule has 0 aromatic heterocycles. The van der Waals surface area contributed by atoms with E-state index >= 15 is 0 Å². The zero-order valence-electron chi connectivity index (χ0n) is 16.0. The normalized spacial score (nSPS) is 19.4. The molecule has 1 aliphatic heterocycles. The van der Waals surface area contributed by atoms with Crippen molar-refractivity contribution in [2.45, 2.75) is 44.9 Å². The van der Waals surface area contributed by atoms with Crippen molar-refractivity contribution in [1.29, 1.82) is 0 Å². The largest absolute Gasteiger partial charge is 0.458 e. The Morgan fingerprint density at radius 1 is 1.21 bits per heavy atom. The smallest absolute Gasteiger partial charge is 0.336 e. The summed E-state index contributed by atoms with van der Waals surface area (Å²) in [4.78, 5) is 27.7. The van der Waals surface area contributed by atoms with E-state index in [1.54, 1.807) is 45.0 Å². The SMILES string of the molecule is CC(C)(C)OC(=O)C1(N)Cc2ccc(Cl)cc2N(Cc2ccccc2Cl)C1=O. The summed E-state index contributed by atoms with van der Waals surface area (Å²) in [6.07, 6.45) is 0.0340. The molecule has 5 nitrogen and oxygen atoms in total. The van der Waals surface area contributed by atoms with Crippen LogP contribution in [0.4, 0.5) is 5.69 Å². The lowest BCUT2D eigenvalue weighted by atomic mass is 9.84. The second kappa shape index (κ2) is 7.39. The topological polar surface area (TPSA) is 72.6 Å². The molecule has 0 saturated carbocycles. The quantitative estimate of drug-likeness (QED) is 0.598. The van der Waals surface area contributed by atoms with Crippen molar-refractivity contribution in [3.63, 3.8) is 0 Å². The number of anilines is 1. The summed E-state index contributed by atoms with van der Waals surface area (Å²) in [5, 5.41) is 1.00. The third-order valence-electron chi connectivity index (χ3n) is 4.48. The van der Waals surface area contributed by atoms with E-state index in [1.165, 1.54) is 4.90 Å². The number of benzene rings is 2. The van der Waals surface area contributed by atoms with Crippen LogP contribution >= 0.6 is 23.2 Å². The molecular formula is C21H22Cl2N2O3. The number of fused-ring (bicyclic) bond motifs is 1. The highest BCUT2D eigenvalue weighted by Gasteiger charge is 2.51. The van der Waals surface area contributed by atoms with Crippen LogP contribution in [0.1, 0.15) is 31.9 Å². The number of nitrogens with zero attached hydrogens (tertiary/aromatic N) is 1. The summed E-state index contributed by atoms with van der Waals surface area (Å²) in [6.45, 7) is 5.36. The van der Waals surface area contributed by atoms with Gasteiger partial charge in [-0.3, -0.25) is 4.79 Å². The molecule has 148 valence electrons. The maximum Gasteiger partial charge on any atom is 0.336 e. The molecule has 0 spiro atoms. The summed E-state index contributed by atoms with van der Waals surface area (Å²) < 4.78 is 5.45. The molecule has 1 atom stereocenters. The van der Waals surface area contributed by atoms with Crippen LogP contribution in [0, 0.1) is 0 Å². The van der Waals surface area contributed by atoms with Crippen LogP contribution in [0.5, 0.6) is 0 Å². The minimum absolute atomic E-state index is 0.0340. The molecule has 1 aliphatic rings. The molecule has 1 amide bonds. The first-order valence-electron chi connectivity index (χ1n) is 8.87. The number of amides is 1. The van der Waals surface area contributed by atoms with E-state index in [-0.39, 0.29) is 13.0 Å². The molecule has 28 heavy (non-hydrogen) atoms. The summed E-state index contributed by atoms with van der Waals surface area (Å²) >= 11 is 12.4. The van der Waals surface area contributed by atoms with E-state index in [9.17, 15) is 9.59 Å². The van der Waals surface area contributed by atoms with Gasteiger partial charge in [-0.05, 0) is 50.1 Å². The van der Waals surface area contributed by atoms with Gasteiger partial charge in [0.25, 0.3) is 5.91 Å². The number of carbonyl (C=O) groups is 2. The monoisotopic (exact) mass is 420 g/mol. The van der Waals surface area contributed by atoms with Gasteiger partial charge in [0, 0.05) is 22.2 Å². The Bertz CT molecular complexity index is 939. The van der Waals surface area contributed by atoms with Gasteiger partial charge in [0.05, 0.1) is 6.54 Å². The fourth-order valence-corrected chi connectivity index (χ4v) is 3.51. The van der Waals surface area contributed by atoms with Gasteiger partial charge in [0.2, 0.25) is 0 Å². The van der Waals surface area contributed by atoms with Gasteiger partial charge in [-0.2, -0.15) is 0 Å². The summed E-state index contributed by atoms with van der Waals surface area (Å²) in [6, 6.07) is 12.4. The summed E-state index contributed by atoms with van der Waals surface area (Å²) in [5.41, 5.74) is 5.85. The molecule has 2 aromatic rings. The van der Waals surface area contributed by atoms with Crippen LogP contribution in [0.2, 0.25) is 10.0 Å². The molecule has 0 radical (unpaired) electrons. The maximum absolute atomic E-state index is 13.4. The number of halogens is 2. The highest BCUT2D eigenvalue weighted by molar-refractivity contribution is 6.32. The second-order valence-corrected chi connectivity index (χ2v) is 8.75. The average molecular weight is 421 g/mol. The molecule has 1 heterocycles. The van der Waals surface area contributed by atoms with Gasteiger partial charge in [-0.1, -0.05) is 47.5 Å². The first-order chi connectivity index (χ1) is 13.0. The van der Waals surface area contributed by atoms with E-state index in [0.717, 1.165) is 11.1 Å². The van der Waals surface area contributed by atoms with Crippen LogP contribution in [0.3, 0.4) is 0 Å². The third-order valence-corrected chi connectivity index (χ3v) is 5.09. The van der Waals surface area contributed by atoms with Gasteiger partial charge in [-0.15, -0.1) is 0 Å². The van der Waals surface area contributed by atoms with E-state index in [4.69, 9.17) is 33.7 Å². The molecule has 1 unspecified atom stereocenters. The van der Waals surface area contributed by atoms with Gasteiger partial charge in [-0.25, -0.2) is 4.79 Å². The Hall–Kier alpha value is -2.08. The Morgan fingerprint density at radius 2 is 1.89 bits per heavy atom. The van der Waals surface area contributed by atoms with Crippen molar-refractivity contribution >= 4 is 40.8 Å². The molecule has 0 saturated heterocycles. The number of carbonyl (C=O) groups excluding carboxylic acids is 2. The first kappa shape index (κ1) is 20.6. The van der Waals surface area contributed by atoms with E-state index in [1.807, 2.05) is 18.2 Å². The van der Waals surface area contributed by atoms with Gasteiger partial charge < -0.3 is 15.4 Å². The Morgan fingerprint density at radius 3 is 2.54 bits per heavy atom. The van der Waals surface area contributed by atoms with E-state index in [2.05, 4.69) is 0 Å². The van der Waals surface area contributed by atoms with Crippen molar-refractivity contribution in [3.8, 4) is 0 Å². The van der Waals surface area contributed by atoms with Crippen LogP contribution in [0.15, 0.2) is 42.5 Å². The number of hydrogen-bond acceptors (Lipinski definition) is 4. The standard InChI is InChI=1S/C21H22Cl2N2O3/c1-20(2,3)28-19(27)21(24)11-13-8-9-15(22)10-17(13)25(18(21)26)12-14-6-4-5-7-16(14)23/h4-10H,11-12,24H2,1-3H3. The van der Waals surface area contributed by atoms with Crippen LogP contribution in [-0.4, -0.2) is 23.0 Å². The third kappa shape index (κ3) is 4.02. The molecule has 2 aromatic carbocycles. The summed E-state index contributed by atoms with van der Waals surface area (Å²) in [7, 11) is 0. The van der Waals surface area contributed by atoms with Gasteiger partial charge in [0.1, 0.15) is 5.60 Å². The molecular weight excluding hydrogens is 399 g/mol. The molecule has 2 N–H and O–H groups in total. The number of rotatable bonds is 3. The number of hydrogen-bond donors (Lipinski definition) is 1. The van der Waals surface area contributed by atoms with Crippen LogP contribution < -0.4 is 10.6 Å². The zero-order chi connectivity index (χ0) is 20.7. The Balaban J connectivity index is 2.06. The molecule has 0 bridgehead atoms. The first-order valence-corrected chi connectivity index (χ1v) is 9.63. The van der Waals surface area contributed by atoms with E-state index < -0.39 is 23.0 Å². The number of esters is 1. The average Bonchev–Trinajstić information content (AvgIpc) is 2.59. The van der Waals surface area contributed by atoms with Crippen LogP contribution in [-0.2, 0) is 27.3 Å². The Labute approximate surface area is 174 Å². The number of ether oxygens (including phenoxy) is 1. The minimum atomic E-state index is -1.82. The molecule has 7 heteroatoms. The predicted octanol–water partition coefficient (Wildman–Crippen LogP) is 4.12. The summed E-state index contributed by atoms with van der Waals surface area (Å²) in [5.74, 6) is -1.30. The molecule has 0 fully saturated rings. The lowest BCUT2D eigenvalue weighted by Gasteiger charge is -2.40. The van der Waals surface area contributed by atoms with Crippen molar-refractivity contribution < 1.29 is 14.3 Å². The van der Waals surface area contributed by atoms with Crippen molar-refractivity contribution in [1.82, 2.24) is 0 Å². The predicted molar refractivity (Wildman–Crippen MR) is 111 cm³/mol. The van der Waals surface area contributed by atoms with Crippen molar-refractivity contribution in [2.75, 3.05) is 4.90 Å². The molecule has 0 aliphatic carbocycles. The molecule has 3 rings (SSSR count). The highest BCUT2D eigenvalue weighted by atomic mass is 35.5. The van der Waals surface area contributed by atoms with Crippen LogP contribution in [0.25, 0.3) is 0 Å². The fourth-order valence-electron chi connectivity index (χ4n) is 3.15. The lowest BCUT2D eigenvalue weighted by molar-refractivity contribution is -0.164. The second-order valence-electron chi connectivity index (χ2n) is 7.91. The minimum Gasteiger partial charge on any atom is -0.458 e. The van der Waals surface area contributed by atoms with Gasteiger partial charge >= 0.3 is 5.97 Å². The maximum atomic E-state index is 13.4. The number of nitrogens with two attached hydrogens (primary N) is 1.